The number of nitrogens with zero attached hydrogens (tertiary/aromatic N) is 1. The van der Waals surface area contributed by atoms with Gasteiger partial charge in [-0.25, -0.2) is 0 Å². The quantitative estimate of drug-likeness (QED) is 0.613. The van der Waals surface area contributed by atoms with Gasteiger partial charge in [0.2, 0.25) is 5.75 Å². The monoisotopic (exact) mass is 445 g/mol. The largest absolute Gasteiger partial charge is 0.493 e. The Labute approximate surface area is 191 Å². The Hall–Kier alpha value is -2.24. The van der Waals surface area contributed by atoms with E-state index in [-0.39, 0.29) is 24.1 Å². The van der Waals surface area contributed by atoms with Crippen LogP contribution in [0.3, 0.4) is 0 Å². The molecule has 1 heterocycles. The van der Waals surface area contributed by atoms with Crippen LogP contribution in [0.15, 0.2) is 36.4 Å². The van der Waals surface area contributed by atoms with Crippen molar-refractivity contribution in [3.63, 3.8) is 0 Å². The number of fused-ring (bicyclic) bond motifs is 1. The fraction of sp³-hybridized carbons (Fsp3) is 0.480. The van der Waals surface area contributed by atoms with Crippen LogP contribution in [0, 0.1) is 11.8 Å². The van der Waals surface area contributed by atoms with Gasteiger partial charge in [0.1, 0.15) is 0 Å². The van der Waals surface area contributed by atoms with Crippen molar-refractivity contribution in [2.75, 3.05) is 34.4 Å². The van der Waals surface area contributed by atoms with E-state index in [1.54, 1.807) is 21.3 Å². The number of benzene rings is 2. The molecule has 0 saturated carbocycles. The summed E-state index contributed by atoms with van der Waals surface area (Å²) in [6.07, 6.45) is 4.00. The second kappa shape index (κ2) is 10.4. The molecule has 31 heavy (non-hydrogen) atoms. The van der Waals surface area contributed by atoms with Crippen LogP contribution >= 0.6 is 12.4 Å². The number of ether oxygens (including phenoxy) is 3. The highest BCUT2D eigenvalue weighted by atomic mass is 35.5. The number of ketones is 1. The molecule has 1 atom stereocenters. The first-order chi connectivity index (χ1) is 14.6. The zero-order valence-corrected chi connectivity index (χ0v) is 19.4. The van der Waals surface area contributed by atoms with Crippen molar-refractivity contribution in [3.05, 3.63) is 53.1 Å². The Morgan fingerprint density at radius 2 is 1.65 bits per heavy atom. The van der Waals surface area contributed by atoms with E-state index in [4.69, 9.17) is 14.2 Å². The zero-order valence-electron chi connectivity index (χ0n) is 18.6. The summed E-state index contributed by atoms with van der Waals surface area (Å²) in [5.74, 6) is 2.44. The molecule has 1 fully saturated rings. The number of Topliss-reactive ketones (excluding diaryl/α,β-unsaturated/α-hetero) is 1. The molecule has 1 aliphatic heterocycles. The van der Waals surface area contributed by atoms with Gasteiger partial charge in [0.05, 0.1) is 26.9 Å². The topological polar surface area (TPSA) is 48.0 Å². The number of piperidine rings is 1. The fourth-order valence-corrected chi connectivity index (χ4v) is 5.01. The number of hydrogen-bond acceptors (Lipinski definition) is 5. The summed E-state index contributed by atoms with van der Waals surface area (Å²) in [6.45, 7) is 3.20. The third-order valence-corrected chi connectivity index (χ3v) is 6.57. The molecule has 0 aromatic heterocycles. The van der Waals surface area contributed by atoms with Gasteiger partial charge in [-0.15, -0.1) is 12.4 Å². The first-order valence-electron chi connectivity index (χ1n) is 10.8. The molecule has 1 aliphatic carbocycles. The lowest BCUT2D eigenvalue weighted by molar-refractivity contribution is 0.0893. The van der Waals surface area contributed by atoms with E-state index in [1.165, 1.54) is 5.56 Å². The minimum absolute atomic E-state index is 0. The van der Waals surface area contributed by atoms with Crippen molar-refractivity contribution in [3.8, 4) is 17.2 Å². The van der Waals surface area contributed by atoms with E-state index in [2.05, 4.69) is 35.2 Å². The van der Waals surface area contributed by atoms with Gasteiger partial charge in [-0.3, -0.25) is 9.69 Å². The summed E-state index contributed by atoms with van der Waals surface area (Å²) in [4.78, 5) is 15.8. The highest BCUT2D eigenvalue weighted by Crippen LogP contribution is 2.47. The molecule has 1 unspecified atom stereocenters. The summed E-state index contributed by atoms with van der Waals surface area (Å²) in [6, 6.07) is 12.6. The molecule has 168 valence electrons. The van der Waals surface area contributed by atoms with Gasteiger partial charge in [-0.2, -0.15) is 0 Å². The van der Waals surface area contributed by atoms with Crippen LogP contribution in [-0.4, -0.2) is 45.1 Å². The van der Waals surface area contributed by atoms with Crippen LogP contribution < -0.4 is 14.2 Å². The van der Waals surface area contributed by atoms with E-state index >= 15 is 0 Å². The standard InChI is InChI=1S/C25H31NO4.ClH/c1-28-21-15-19-14-20(23(27)22(19)25(30-3)24(21)29-2)13-17-9-11-26(12-10-17)16-18-7-5-4-6-8-18;/h4-8,15,17,20H,9-14,16H2,1-3H3;1H. The molecule has 1 saturated heterocycles. The Morgan fingerprint density at radius 3 is 2.26 bits per heavy atom. The second-order valence-corrected chi connectivity index (χ2v) is 8.39. The lowest BCUT2D eigenvalue weighted by atomic mass is 9.85. The van der Waals surface area contributed by atoms with Crippen LogP contribution in [0.5, 0.6) is 17.2 Å². The van der Waals surface area contributed by atoms with Gasteiger partial charge in [0.15, 0.2) is 17.3 Å². The summed E-state index contributed by atoms with van der Waals surface area (Å²) < 4.78 is 16.5. The molecule has 0 bridgehead atoms. The first kappa shape index (κ1) is 23.4. The van der Waals surface area contributed by atoms with Crippen LogP contribution in [0.4, 0.5) is 0 Å². The number of likely N-dealkylation sites (tertiary alicyclic amines) is 1. The summed E-state index contributed by atoms with van der Waals surface area (Å²) in [5.41, 5.74) is 3.06. The maximum atomic E-state index is 13.2. The maximum Gasteiger partial charge on any atom is 0.204 e. The molecule has 0 amide bonds. The highest BCUT2D eigenvalue weighted by Gasteiger charge is 2.38. The minimum Gasteiger partial charge on any atom is -0.493 e. The number of rotatable bonds is 7. The Balaban J connectivity index is 0.00000272. The number of carbonyl (C=O) groups is 1. The lowest BCUT2D eigenvalue weighted by Crippen LogP contribution is -2.34. The van der Waals surface area contributed by atoms with Crippen LogP contribution in [-0.2, 0) is 13.0 Å². The van der Waals surface area contributed by atoms with Crippen LogP contribution in [0.2, 0.25) is 0 Å². The molecular weight excluding hydrogens is 414 g/mol. The normalized spacial score (nSPS) is 18.9. The lowest BCUT2D eigenvalue weighted by Gasteiger charge is -2.33. The van der Waals surface area contributed by atoms with E-state index in [0.717, 1.165) is 50.9 Å². The van der Waals surface area contributed by atoms with E-state index < -0.39 is 0 Å². The molecular formula is C25H32ClNO4. The SMILES string of the molecule is COc1cc2c(c(OC)c1OC)C(=O)C(CC1CCN(Cc3ccccc3)CC1)C2.Cl. The number of hydrogen-bond donors (Lipinski definition) is 0. The molecule has 0 spiro atoms. The average molecular weight is 446 g/mol. The van der Waals surface area contributed by atoms with Crippen molar-refractivity contribution in [1.29, 1.82) is 0 Å². The molecule has 4 rings (SSSR count). The van der Waals surface area contributed by atoms with Crippen LogP contribution in [0.1, 0.15) is 40.7 Å². The van der Waals surface area contributed by atoms with Gasteiger partial charge in [0.25, 0.3) is 0 Å². The van der Waals surface area contributed by atoms with E-state index in [9.17, 15) is 4.79 Å². The molecule has 6 heteroatoms. The fourth-order valence-electron chi connectivity index (χ4n) is 5.01. The number of halogens is 1. The Bertz CT molecular complexity index is 894. The highest BCUT2D eigenvalue weighted by molar-refractivity contribution is 6.05. The van der Waals surface area contributed by atoms with Crippen molar-refractivity contribution in [1.82, 2.24) is 4.90 Å². The molecule has 0 radical (unpaired) electrons. The molecule has 2 aromatic carbocycles. The predicted octanol–water partition coefficient (Wildman–Crippen LogP) is 4.79. The van der Waals surface area contributed by atoms with Gasteiger partial charge >= 0.3 is 0 Å². The average Bonchev–Trinajstić information content (AvgIpc) is 3.09. The third-order valence-electron chi connectivity index (χ3n) is 6.57. The number of carbonyl (C=O) groups excluding carboxylic acids is 1. The van der Waals surface area contributed by atoms with Crippen molar-refractivity contribution in [2.24, 2.45) is 11.8 Å². The Morgan fingerprint density at radius 1 is 0.968 bits per heavy atom. The van der Waals surface area contributed by atoms with Gasteiger partial charge < -0.3 is 14.2 Å². The zero-order chi connectivity index (χ0) is 21.1. The molecule has 2 aromatic rings. The molecule has 0 N–H and O–H groups in total. The van der Waals surface area contributed by atoms with E-state index in [1.807, 2.05) is 6.07 Å². The maximum absolute atomic E-state index is 13.2. The predicted molar refractivity (Wildman–Crippen MR) is 124 cm³/mol. The van der Waals surface area contributed by atoms with Crippen molar-refractivity contribution in [2.45, 2.75) is 32.2 Å². The van der Waals surface area contributed by atoms with Crippen molar-refractivity contribution >= 4 is 18.2 Å². The minimum atomic E-state index is 0. The second-order valence-electron chi connectivity index (χ2n) is 8.39. The third kappa shape index (κ3) is 4.83. The first-order valence-corrected chi connectivity index (χ1v) is 10.8. The smallest absolute Gasteiger partial charge is 0.204 e. The number of methoxy groups -OCH3 is 3. The van der Waals surface area contributed by atoms with Gasteiger partial charge in [-0.05, 0) is 61.9 Å². The van der Waals surface area contributed by atoms with Gasteiger partial charge in [-0.1, -0.05) is 30.3 Å². The van der Waals surface area contributed by atoms with E-state index in [0.29, 0.717) is 28.7 Å². The van der Waals surface area contributed by atoms with Gasteiger partial charge in [0, 0.05) is 12.5 Å². The summed E-state index contributed by atoms with van der Waals surface area (Å²) in [7, 11) is 4.77. The molecule has 2 aliphatic rings. The molecule has 5 nitrogen and oxygen atoms in total. The summed E-state index contributed by atoms with van der Waals surface area (Å²) >= 11 is 0. The summed E-state index contributed by atoms with van der Waals surface area (Å²) in [5, 5.41) is 0. The van der Waals surface area contributed by atoms with Crippen LogP contribution in [0.25, 0.3) is 0 Å². The van der Waals surface area contributed by atoms with Crippen molar-refractivity contribution < 1.29 is 19.0 Å². The Kier molecular flexibility index (Phi) is 7.84.